The number of amides is 3. The quantitative estimate of drug-likeness (QED) is 0.844. The first-order valence-corrected chi connectivity index (χ1v) is 6.37. The number of carbonyl (C=O) groups is 2. The molecule has 1 saturated heterocycles. The molecule has 0 bridgehead atoms. The Balaban J connectivity index is 2.11. The monoisotopic (exact) mass is 261 g/mol. The zero-order valence-corrected chi connectivity index (χ0v) is 11.5. The molecule has 5 nitrogen and oxygen atoms in total. The van der Waals surface area contributed by atoms with Gasteiger partial charge in [-0.2, -0.15) is 0 Å². The van der Waals surface area contributed by atoms with Crippen LogP contribution in [0.4, 0.5) is 10.5 Å². The average molecular weight is 261 g/mol. The highest BCUT2D eigenvalue weighted by atomic mass is 16.2. The molecule has 102 valence electrons. The van der Waals surface area contributed by atoms with Crippen molar-refractivity contribution < 1.29 is 9.59 Å². The molecular formula is C14H19N3O2. The molecule has 2 N–H and O–H groups in total. The van der Waals surface area contributed by atoms with Crippen LogP contribution in [0.25, 0.3) is 0 Å². The summed E-state index contributed by atoms with van der Waals surface area (Å²) < 4.78 is 0. The molecule has 0 radical (unpaired) electrons. The lowest BCUT2D eigenvalue weighted by Gasteiger charge is -2.18. The summed E-state index contributed by atoms with van der Waals surface area (Å²) in [5.74, 6) is 0.0460. The van der Waals surface area contributed by atoms with E-state index in [9.17, 15) is 9.59 Å². The number of urea groups is 1. The summed E-state index contributed by atoms with van der Waals surface area (Å²) in [5.41, 5.74) is 3.26. The SMILES string of the molecule is CNC(=O)N[C@H]1CC(=O)N(c2ccc(C)c(C)c2)C1. The fourth-order valence-electron chi connectivity index (χ4n) is 2.20. The van der Waals surface area contributed by atoms with E-state index >= 15 is 0 Å². The van der Waals surface area contributed by atoms with Crippen molar-refractivity contribution in [3.05, 3.63) is 29.3 Å². The first-order chi connectivity index (χ1) is 9.01. The largest absolute Gasteiger partial charge is 0.341 e. The molecule has 19 heavy (non-hydrogen) atoms. The van der Waals surface area contributed by atoms with E-state index < -0.39 is 0 Å². The number of nitrogens with one attached hydrogen (secondary N) is 2. The third-order valence-electron chi connectivity index (χ3n) is 3.49. The highest BCUT2D eigenvalue weighted by Crippen LogP contribution is 2.23. The van der Waals surface area contributed by atoms with Gasteiger partial charge in [-0.3, -0.25) is 4.79 Å². The van der Waals surface area contributed by atoms with Crippen LogP contribution in [-0.4, -0.2) is 31.6 Å². The molecule has 1 aliphatic heterocycles. The van der Waals surface area contributed by atoms with Crippen LogP contribution in [0.2, 0.25) is 0 Å². The number of nitrogens with zero attached hydrogens (tertiary/aromatic N) is 1. The van der Waals surface area contributed by atoms with E-state index in [1.165, 1.54) is 5.56 Å². The van der Waals surface area contributed by atoms with E-state index in [0.29, 0.717) is 13.0 Å². The molecule has 0 aromatic heterocycles. The fourth-order valence-corrected chi connectivity index (χ4v) is 2.20. The molecule has 1 atom stereocenters. The van der Waals surface area contributed by atoms with Gasteiger partial charge in [-0.25, -0.2) is 4.79 Å². The lowest BCUT2D eigenvalue weighted by molar-refractivity contribution is -0.117. The van der Waals surface area contributed by atoms with Crippen LogP contribution in [0.3, 0.4) is 0 Å². The van der Waals surface area contributed by atoms with E-state index in [4.69, 9.17) is 0 Å². The predicted octanol–water partition coefficient (Wildman–Crippen LogP) is 1.34. The third kappa shape index (κ3) is 2.86. The Bertz CT molecular complexity index is 513. The summed E-state index contributed by atoms with van der Waals surface area (Å²) in [5, 5.41) is 5.27. The van der Waals surface area contributed by atoms with Gasteiger partial charge in [0.05, 0.1) is 6.04 Å². The van der Waals surface area contributed by atoms with Crippen molar-refractivity contribution in [1.29, 1.82) is 0 Å². The standard InChI is InChI=1S/C14H19N3O2/c1-9-4-5-12(6-10(9)2)17-8-11(7-13(17)18)16-14(19)15-3/h4-6,11H,7-8H2,1-3H3,(H2,15,16,19)/t11-/m0/s1. The lowest BCUT2D eigenvalue weighted by atomic mass is 10.1. The zero-order chi connectivity index (χ0) is 14.0. The Hall–Kier alpha value is -2.04. The van der Waals surface area contributed by atoms with Gasteiger partial charge >= 0.3 is 6.03 Å². The van der Waals surface area contributed by atoms with Crippen LogP contribution >= 0.6 is 0 Å². The number of carbonyl (C=O) groups excluding carboxylic acids is 2. The zero-order valence-electron chi connectivity index (χ0n) is 11.5. The van der Waals surface area contributed by atoms with Crippen LogP contribution in [0.5, 0.6) is 0 Å². The number of benzene rings is 1. The second kappa shape index (κ2) is 5.30. The van der Waals surface area contributed by atoms with Crippen molar-refractivity contribution in [2.45, 2.75) is 26.3 Å². The highest BCUT2D eigenvalue weighted by molar-refractivity contribution is 5.96. The smallest absolute Gasteiger partial charge is 0.314 e. The number of rotatable bonds is 2. The second-order valence-electron chi connectivity index (χ2n) is 4.90. The van der Waals surface area contributed by atoms with E-state index in [-0.39, 0.29) is 18.0 Å². The molecule has 1 aromatic carbocycles. The summed E-state index contributed by atoms with van der Waals surface area (Å²) in [6.45, 7) is 4.59. The number of anilines is 1. The van der Waals surface area contributed by atoms with Crippen molar-refractivity contribution in [2.75, 3.05) is 18.5 Å². The molecule has 0 spiro atoms. The van der Waals surface area contributed by atoms with E-state index in [2.05, 4.69) is 10.6 Å². The van der Waals surface area contributed by atoms with E-state index in [1.54, 1.807) is 11.9 Å². The Kier molecular flexibility index (Phi) is 3.74. The summed E-state index contributed by atoms with van der Waals surface area (Å²) in [7, 11) is 1.56. The van der Waals surface area contributed by atoms with Gasteiger partial charge in [-0.15, -0.1) is 0 Å². The van der Waals surface area contributed by atoms with Crippen molar-refractivity contribution in [2.24, 2.45) is 0 Å². The van der Waals surface area contributed by atoms with Crippen LogP contribution < -0.4 is 15.5 Å². The molecule has 0 saturated carbocycles. The van der Waals surface area contributed by atoms with E-state index in [0.717, 1.165) is 11.3 Å². The van der Waals surface area contributed by atoms with Crippen molar-refractivity contribution >= 4 is 17.6 Å². The van der Waals surface area contributed by atoms with Gasteiger partial charge in [-0.1, -0.05) is 6.07 Å². The van der Waals surface area contributed by atoms with Gasteiger partial charge in [0.25, 0.3) is 0 Å². The first kappa shape index (κ1) is 13.4. The van der Waals surface area contributed by atoms with Crippen LogP contribution in [-0.2, 0) is 4.79 Å². The molecule has 1 aliphatic rings. The molecule has 0 aliphatic carbocycles. The molecular weight excluding hydrogens is 242 g/mol. The van der Waals surface area contributed by atoms with Crippen molar-refractivity contribution in [3.8, 4) is 0 Å². The summed E-state index contributed by atoms with van der Waals surface area (Å²) in [6.07, 6.45) is 0.348. The highest BCUT2D eigenvalue weighted by Gasteiger charge is 2.31. The van der Waals surface area contributed by atoms with Gasteiger partial charge in [0.2, 0.25) is 5.91 Å². The minimum Gasteiger partial charge on any atom is -0.341 e. The number of hydrogen-bond acceptors (Lipinski definition) is 2. The minimum absolute atomic E-state index is 0.0460. The normalized spacial score (nSPS) is 18.6. The van der Waals surface area contributed by atoms with Gasteiger partial charge in [0.1, 0.15) is 0 Å². The molecule has 1 aromatic rings. The maximum Gasteiger partial charge on any atom is 0.314 e. The van der Waals surface area contributed by atoms with Crippen molar-refractivity contribution in [3.63, 3.8) is 0 Å². The molecule has 2 rings (SSSR count). The third-order valence-corrected chi connectivity index (χ3v) is 3.49. The Labute approximate surface area is 113 Å². The van der Waals surface area contributed by atoms with Gasteiger partial charge in [0.15, 0.2) is 0 Å². The maximum atomic E-state index is 12.0. The summed E-state index contributed by atoms with van der Waals surface area (Å²) >= 11 is 0. The number of aryl methyl sites for hydroxylation is 2. The Morgan fingerprint density at radius 3 is 2.68 bits per heavy atom. The lowest BCUT2D eigenvalue weighted by Crippen LogP contribution is -2.41. The molecule has 3 amide bonds. The number of hydrogen-bond donors (Lipinski definition) is 2. The van der Waals surface area contributed by atoms with Crippen LogP contribution in [0.1, 0.15) is 17.5 Å². The van der Waals surface area contributed by atoms with Gasteiger partial charge < -0.3 is 15.5 Å². The van der Waals surface area contributed by atoms with Gasteiger partial charge in [0, 0.05) is 25.7 Å². The molecule has 1 heterocycles. The Morgan fingerprint density at radius 1 is 1.32 bits per heavy atom. The predicted molar refractivity (Wildman–Crippen MR) is 74.3 cm³/mol. The maximum absolute atomic E-state index is 12.0. The minimum atomic E-state index is -0.250. The average Bonchev–Trinajstić information content (AvgIpc) is 2.73. The van der Waals surface area contributed by atoms with Gasteiger partial charge in [-0.05, 0) is 37.1 Å². The Morgan fingerprint density at radius 2 is 2.05 bits per heavy atom. The second-order valence-corrected chi connectivity index (χ2v) is 4.90. The van der Waals surface area contributed by atoms with Crippen molar-refractivity contribution in [1.82, 2.24) is 10.6 Å². The summed E-state index contributed by atoms with van der Waals surface area (Å²) in [4.78, 5) is 25.0. The molecule has 5 heteroatoms. The molecule has 0 unspecified atom stereocenters. The first-order valence-electron chi connectivity index (χ1n) is 6.37. The summed E-state index contributed by atoms with van der Waals surface area (Å²) in [6, 6.07) is 5.59. The topological polar surface area (TPSA) is 61.4 Å². The van der Waals surface area contributed by atoms with Crippen LogP contribution in [0, 0.1) is 13.8 Å². The molecule has 1 fully saturated rings. The fraction of sp³-hybridized carbons (Fsp3) is 0.429. The van der Waals surface area contributed by atoms with Crippen LogP contribution in [0.15, 0.2) is 18.2 Å². The van der Waals surface area contributed by atoms with E-state index in [1.807, 2.05) is 32.0 Å².